The lowest BCUT2D eigenvalue weighted by Gasteiger charge is -2.29. The summed E-state index contributed by atoms with van der Waals surface area (Å²) in [6.45, 7) is 3.61. The minimum Gasteiger partial charge on any atom is -0.377 e. The second-order valence-corrected chi connectivity index (χ2v) is 5.95. The smallest absolute Gasteiger partial charge is 0.299 e. The van der Waals surface area contributed by atoms with Gasteiger partial charge in [0.2, 0.25) is 0 Å². The summed E-state index contributed by atoms with van der Waals surface area (Å²) in [7, 11) is 1.70. The zero-order chi connectivity index (χ0) is 10.6. The maximum Gasteiger partial charge on any atom is 0.299 e. The fraction of sp³-hybridized carbons (Fsp3) is 1.00. The molecule has 0 aromatic rings. The third-order valence-electron chi connectivity index (χ3n) is 2.21. The number of halogens is 1. The molecule has 0 aromatic carbocycles. The summed E-state index contributed by atoms with van der Waals surface area (Å²) in [5.41, 5.74) is 0. The minimum atomic E-state index is -3.56. The monoisotopic (exact) mass is 241 g/mol. The highest BCUT2D eigenvalue weighted by Crippen LogP contribution is 2.18. The van der Waals surface area contributed by atoms with E-state index >= 15 is 0 Å². The maximum atomic E-state index is 11.0. The van der Waals surface area contributed by atoms with Gasteiger partial charge in [-0.1, -0.05) is 6.92 Å². The molecular weight excluding hydrogens is 226 g/mol. The van der Waals surface area contributed by atoms with Gasteiger partial charge in [-0.05, 0) is 19.3 Å². The van der Waals surface area contributed by atoms with Gasteiger partial charge in [0.1, 0.15) is 0 Å². The van der Waals surface area contributed by atoms with Gasteiger partial charge in [0.15, 0.2) is 0 Å². The van der Waals surface area contributed by atoms with Crippen LogP contribution in [0.3, 0.4) is 0 Å². The Bertz CT molecular complexity index is 268. The third kappa shape index (κ3) is 3.73. The molecule has 0 radical (unpaired) electrons. The van der Waals surface area contributed by atoms with E-state index in [4.69, 9.17) is 15.4 Å². The standard InChI is InChI=1S/C8H16ClNO3S/c1-2-6-13-8-4-3-5-10(7-8)14(9,11)12/h8H,2-7H2,1H3. The van der Waals surface area contributed by atoms with Crippen LogP contribution in [0.25, 0.3) is 0 Å². The summed E-state index contributed by atoms with van der Waals surface area (Å²) >= 11 is 0. The van der Waals surface area contributed by atoms with Crippen LogP contribution in [-0.4, -0.2) is 38.5 Å². The molecule has 84 valence electrons. The first kappa shape index (κ1) is 12.2. The summed E-state index contributed by atoms with van der Waals surface area (Å²) in [5.74, 6) is 0. The van der Waals surface area contributed by atoms with Crippen molar-refractivity contribution < 1.29 is 13.2 Å². The lowest BCUT2D eigenvalue weighted by molar-refractivity contribution is 0.0198. The normalized spacial score (nSPS) is 25.1. The van der Waals surface area contributed by atoms with Crippen molar-refractivity contribution in [3.8, 4) is 0 Å². The first-order valence-electron chi connectivity index (χ1n) is 4.85. The molecule has 0 aromatic heterocycles. The largest absolute Gasteiger partial charge is 0.377 e. The Morgan fingerprint density at radius 1 is 1.57 bits per heavy atom. The van der Waals surface area contributed by atoms with E-state index in [1.54, 1.807) is 0 Å². The van der Waals surface area contributed by atoms with Crippen molar-refractivity contribution in [2.24, 2.45) is 0 Å². The highest BCUT2D eigenvalue weighted by Gasteiger charge is 2.27. The molecule has 0 aliphatic carbocycles. The van der Waals surface area contributed by atoms with E-state index in [0.29, 0.717) is 19.7 Å². The Kier molecular flexibility index (Phi) is 4.63. The number of hydrogen-bond acceptors (Lipinski definition) is 3. The second-order valence-electron chi connectivity index (χ2n) is 3.44. The molecule has 1 aliphatic rings. The first-order valence-corrected chi connectivity index (χ1v) is 7.12. The summed E-state index contributed by atoms with van der Waals surface area (Å²) in [6, 6.07) is 0. The van der Waals surface area contributed by atoms with E-state index in [1.807, 2.05) is 6.92 Å². The molecule has 0 saturated carbocycles. The number of nitrogens with zero attached hydrogens (tertiary/aromatic N) is 1. The molecule has 6 heteroatoms. The van der Waals surface area contributed by atoms with Gasteiger partial charge in [-0.25, -0.2) is 0 Å². The average molecular weight is 242 g/mol. The predicted molar refractivity (Wildman–Crippen MR) is 55.6 cm³/mol. The first-order chi connectivity index (χ1) is 6.54. The van der Waals surface area contributed by atoms with E-state index < -0.39 is 9.24 Å². The van der Waals surface area contributed by atoms with Gasteiger partial charge in [-0.3, -0.25) is 0 Å². The van der Waals surface area contributed by atoms with Gasteiger partial charge >= 0.3 is 0 Å². The van der Waals surface area contributed by atoms with Crippen LogP contribution >= 0.6 is 10.7 Å². The van der Waals surface area contributed by atoms with Gasteiger partial charge in [-0.15, -0.1) is 0 Å². The summed E-state index contributed by atoms with van der Waals surface area (Å²) in [4.78, 5) is 0. The molecule has 0 amide bonds. The van der Waals surface area contributed by atoms with Crippen LogP contribution in [0.2, 0.25) is 0 Å². The molecule has 1 saturated heterocycles. The predicted octanol–water partition coefficient (Wildman–Crippen LogP) is 1.36. The van der Waals surface area contributed by atoms with Crippen molar-refractivity contribution in [1.29, 1.82) is 0 Å². The molecule has 14 heavy (non-hydrogen) atoms. The quantitative estimate of drug-likeness (QED) is 0.699. The Morgan fingerprint density at radius 3 is 2.86 bits per heavy atom. The van der Waals surface area contributed by atoms with Crippen molar-refractivity contribution in [2.45, 2.75) is 32.3 Å². The summed E-state index contributed by atoms with van der Waals surface area (Å²) in [5, 5.41) is 0. The van der Waals surface area contributed by atoms with E-state index in [9.17, 15) is 8.42 Å². The Hall–Kier alpha value is 0.160. The van der Waals surface area contributed by atoms with Crippen LogP contribution in [0.5, 0.6) is 0 Å². The molecular formula is C8H16ClNO3S. The molecule has 1 aliphatic heterocycles. The van der Waals surface area contributed by atoms with Crippen molar-refractivity contribution in [2.75, 3.05) is 19.7 Å². The molecule has 0 N–H and O–H groups in total. The van der Waals surface area contributed by atoms with Crippen LogP contribution < -0.4 is 0 Å². The van der Waals surface area contributed by atoms with Gasteiger partial charge < -0.3 is 4.74 Å². The lowest BCUT2D eigenvalue weighted by Crippen LogP contribution is -2.41. The Labute approximate surface area is 89.7 Å². The van der Waals surface area contributed by atoms with E-state index in [2.05, 4.69) is 0 Å². The van der Waals surface area contributed by atoms with Gasteiger partial charge in [-0.2, -0.15) is 12.7 Å². The molecule has 1 atom stereocenters. The van der Waals surface area contributed by atoms with Crippen molar-refractivity contribution >= 4 is 19.9 Å². The Morgan fingerprint density at radius 2 is 2.29 bits per heavy atom. The number of rotatable bonds is 4. The van der Waals surface area contributed by atoms with Crippen LogP contribution in [0.4, 0.5) is 0 Å². The van der Waals surface area contributed by atoms with Crippen LogP contribution in [0, 0.1) is 0 Å². The zero-order valence-corrected chi connectivity index (χ0v) is 9.85. The van der Waals surface area contributed by atoms with Gasteiger partial charge in [0, 0.05) is 30.4 Å². The van der Waals surface area contributed by atoms with Gasteiger partial charge in [0.05, 0.1) is 6.10 Å². The molecule has 4 nitrogen and oxygen atoms in total. The highest BCUT2D eigenvalue weighted by molar-refractivity contribution is 8.11. The lowest BCUT2D eigenvalue weighted by atomic mass is 10.1. The van der Waals surface area contributed by atoms with Crippen molar-refractivity contribution in [1.82, 2.24) is 4.31 Å². The summed E-state index contributed by atoms with van der Waals surface area (Å²) < 4.78 is 28.9. The number of ether oxygens (including phenoxy) is 1. The summed E-state index contributed by atoms with van der Waals surface area (Å²) in [6.07, 6.45) is 2.70. The fourth-order valence-electron chi connectivity index (χ4n) is 1.52. The second kappa shape index (κ2) is 5.30. The minimum absolute atomic E-state index is 0.0113. The topological polar surface area (TPSA) is 46.6 Å². The highest BCUT2D eigenvalue weighted by atomic mass is 35.7. The average Bonchev–Trinajstić information content (AvgIpc) is 2.14. The fourth-order valence-corrected chi connectivity index (χ4v) is 2.59. The molecule has 1 fully saturated rings. The van der Waals surface area contributed by atoms with E-state index in [0.717, 1.165) is 19.3 Å². The third-order valence-corrected chi connectivity index (χ3v) is 3.74. The van der Waals surface area contributed by atoms with E-state index in [1.165, 1.54) is 4.31 Å². The SMILES string of the molecule is CCCOC1CCCN(S(=O)(=O)Cl)C1. The molecule has 1 unspecified atom stereocenters. The van der Waals surface area contributed by atoms with Crippen LogP contribution in [0.15, 0.2) is 0 Å². The number of piperidine rings is 1. The van der Waals surface area contributed by atoms with Crippen LogP contribution in [-0.2, 0) is 14.0 Å². The number of hydrogen-bond donors (Lipinski definition) is 0. The molecule has 0 bridgehead atoms. The van der Waals surface area contributed by atoms with Crippen molar-refractivity contribution in [3.05, 3.63) is 0 Å². The maximum absolute atomic E-state index is 11.0. The molecule has 0 spiro atoms. The molecule has 1 rings (SSSR count). The van der Waals surface area contributed by atoms with Gasteiger partial charge in [0.25, 0.3) is 9.24 Å². The zero-order valence-electron chi connectivity index (χ0n) is 8.28. The Balaban J connectivity index is 2.44. The van der Waals surface area contributed by atoms with Crippen molar-refractivity contribution in [3.63, 3.8) is 0 Å². The van der Waals surface area contributed by atoms with Crippen LogP contribution in [0.1, 0.15) is 26.2 Å². The molecule has 1 heterocycles. The van der Waals surface area contributed by atoms with E-state index in [-0.39, 0.29) is 6.10 Å².